The van der Waals surface area contributed by atoms with Gasteiger partial charge in [0.1, 0.15) is 5.82 Å². The lowest BCUT2D eigenvalue weighted by atomic mass is 10.2. The van der Waals surface area contributed by atoms with E-state index in [0.29, 0.717) is 4.47 Å². The van der Waals surface area contributed by atoms with Crippen molar-refractivity contribution in [2.45, 2.75) is 0 Å². The highest BCUT2D eigenvalue weighted by Gasteiger charge is 2.05. The molecule has 1 heterocycles. The lowest BCUT2D eigenvalue weighted by molar-refractivity contribution is 0.621. The first-order valence-electron chi connectivity index (χ1n) is 3.73. The Bertz CT molecular complexity index is 470. The molecule has 0 aliphatic carbocycles. The van der Waals surface area contributed by atoms with E-state index in [0.717, 1.165) is 15.2 Å². The normalized spacial score (nSPS) is 10.5. The number of thiazole rings is 1. The predicted molar refractivity (Wildman–Crippen MR) is 62.9 cm³/mol. The molecule has 1 nitrogen and oxygen atoms in total. The molecule has 0 atom stereocenters. The van der Waals surface area contributed by atoms with Crippen molar-refractivity contribution >= 4 is 43.2 Å². The van der Waals surface area contributed by atoms with Crippen LogP contribution in [0.2, 0.25) is 0 Å². The fourth-order valence-corrected chi connectivity index (χ4v) is 2.44. The Hall–Kier alpha value is -0.260. The molecule has 0 amide bonds. The largest absolute Gasteiger partial charge is 0.229 e. The lowest BCUT2D eigenvalue weighted by Gasteiger charge is -1.98. The van der Waals surface area contributed by atoms with Gasteiger partial charge in [-0.15, -0.1) is 11.3 Å². The highest BCUT2D eigenvalue weighted by molar-refractivity contribution is 9.11. The first kappa shape index (κ1) is 10.3. The minimum absolute atomic E-state index is 0.261. The van der Waals surface area contributed by atoms with Gasteiger partial charge in [0, 0.05) is 10.9 Å². The van der Waals surface area contributed by atoms with Crippen LogP contribution in [-0.4, -0.2) is 4.98 Å². The fraction of sp³-hybridized carbons (Fsp3) is 0. The highest BCUT2D eigenvalue weighted by atomic mass is 79.9. The molecule has 0 spiro atoms. The van der Waals surface area contributed by atoms with E-state index < -0.39 is 0 Å². The van der Waals surface area contributed by atoms with Crippen molar-refractivity contribution in [3.8, 4) is 11.3 Å². The van der Waals surface area contributed by atoms with Gasteiger partial charge in [0.05, 0.1) is 10.2 Å². The first-order valence-corrected chi connectivity index (χ1v) is 6.20. The van der Waals surface area contributed by atoms with Crippen molar-refractivity contribution in [2.75, 3.05) is 0 Å². The monoisotopic (exact) mass is 335 g/mol. The van der Waals surface area contributed by atoms with Gasteiger partial charge in [-0.25, -0.2) is 9.37 Å². The summed E-state index contributed by atoms with van der Waals surface area (Å²) in [5, 5.41) is 1.92. The van der Waals surface area contributed by atoms with E-state index in [1.807, 2.05) is 5.38 Å². The quantitative estimate of drug-likeness (QED) is 0.748. The molecule has 0 unspecified atom stereocenters. The van der Waals surface area contributed by atoms with Crippen LogP contribution < -0.4 is 0 Å². The van der Waals surface area contributed by atoms with Gasteiger partial charge >= 0.3 is 0 Å². The molecular formula is C9H4Br2FNS. The zero-order valence-electron chi connectivity index (χ0n) is 6.80. The minimum atomic E-state index is -0.261. The van der Waals surface area contributed by atoms with Crippen molar-refractivity contribution in [1.29, 1.82) is 0 Å². The average molecular weight is 337 g/mol. The molecule has 0 aliphatic heterocycles. The number of hydrogen-bond acceptors (Lipinski definition) is 2. The van der Waals surface area contributed by atoms with Crippen molar-refractivity contribution in [2.24, 2.45) is 0 Å². The van der Waals surface area contributed by atoms with Crippen molar-refractivity contribution in [3.05, 3.63) is 37.8 Å². The summed E-state index contributed by atoms with van der Waals surface area (Å²) in [6.45, 7) is 0. The SMILES string of the molecule is Fc1ccc(-c2csc(Br)n2)cc1Br. The Labute approximate surface area is 101 Å². The van der Waals surface area contributed by atoms with Gasteiger partial charge in [0.25, 0.3) is 0 Å². The van der Waals surface area contributed by atoms with Crippen LogP contribution in [0.25, 0.3) is 11.3 Å². The zero-order chi connectivity index (χ0) is 10.1. The Morgan fingerprint density at radius 1 is 1.29 bits per heavy atom. The summed E-state index contributed by atoms with van der Waals surface area (Å²) >= 11 is 7.93. The van der Waals surface area contributed by atoms with Crippen LogP contribution in [0.15, 0.2) is 32.0 Å². The minimum Gasteiger partial charge on any atom is -0.229 e. The third-order valence-electron chi connectivity index (χ3n) is 1.69. The second-order valence-corrected chi connectivity index (χ2v) is 5.60. The second kappa shape index (κ2) is 4.08. The summed E-state index contributed by atoms with van der Waals surface area (Å²) in [5.74, 6) is -0.261. The molecule has 2 aromatic rings. The summed E-state index contributed by atoms with van der Waals surface area (Å²) in [4.78, 5) is 4.24. The van der Waals surface area contributed by atoms with Crippen LogP contribution in [0.4, 0.5) is 4.39 Å². The topological polar surface area (TPSA) is 12.9 Å². The Morgan fingerprint density at radius 2 is 2.07 bits per heavy atom. The summed E-state index contributed by atoms with van der Waals surface area (Å²) < 4.78 is 14.2. The van der Waals surface area contributed by atoms with E-state index in [1.54, 1.807) is 12.1 Å². The third-order valence-corrected chi connectivity index (χ3v) is 3.66. The van der Waals surface area contributed by atoms with E-state index in [1.165, 1.54) is 17.4 Å². The van der Waals surface area contributed by atoms with Gasteiger partial charge in [-0.3, -0.25) is 0 Å². The maximum Gasteiger partial charge on any atom is 0.159 e. The lowest BCUT2D eigenvalue weighted by Crippen LogP contribution is -1.81. The van der Waals surface area contributed by atoms with Crippen LogP contribution in [0.1, 0.15) is 0 Å². The van der Waals surface area contributed by atoms with Gasteiger partial charge in [-0.05, 0) is 50.1 Å². The molecule has 1 aromatic carbocycles. The van der Waals surface area contributed by atoms with Gasteiger partial charge in [-0.1, -0.05) is 0 Å². The molecule has 5 heteroatoms. The van der Waals surface area contributed by atoms with E-state index in [2.05, 4.69) is 36.8 Å². The van der Waals surface area contributed by atoms with Crippen molar-refractivity contribution in [3.63, 3.8) is 0 Å². The highest BCUT2D eigenvalue weighted by Crippen LogP contribution is 2.27. The predicted octanol–water partition coefficient (Wildman–Crippen LogP) is 4.47. The molecule has 14 heavy (non-hydrogen) atoms. The molecule has 2 rings (SSSR count). The smallest absolute Gasteiger partial charge is 0.159 e. The van der Waals surface area contributed by atoms with Crippen LogP contribution in [0.3, 0.4) is 0 Å². The van der Waals surface area contributed by atoms with E-state index >= 15 is 0 Å². The maximum atomic E-state index is 12.9. The average Bonchev–Trinajstić information content (AvgIpc) is 2.57. The van der Waals surface area contributed by atoms with Gasteiger partial charge in [0.2, 0.25) is 0 Å². The number of halogens is 3. The van der Waals surface area contributed by atoms with Crippen LogP contribution in [0.5, 0.6) is 0 Å². The molecular weight excluding hydrogens is 333 g/mol. The molecule has 72 valence electrons. The first-order chi connectivity index (χ1) is 6.66. The van der Waals surface area contributed by atoms with Crippen LogP contribution >= 0.6 is 43.2 Å². The number of nitrogens with zero attached hydrogens (tertiary/aromatic N) is 1. The summed E-state index contributed by atoms with van der Waals surface area (Å²) in [7, 11) is 0. The van der Waals surface area contributed by atoms with Gasteiger partial charge < -0.3 is 0 Å². The Morgan fingerprint density at radius 3 is 2.64 bits per heavy atom. The number of hydrogen-bond donors (Lipinski definition) is 0. The Kier molecular flexibility index (Phi) is 2.99. The van der Waals surface area contributed by atoms with Crippen LogP contribution in [-0.2, 0) is 0 Å². The van der Waals surface area contributed by atoms with E-state index in [4.69, 9.17) is 0 Å². The van der Waals surface area contributed by atoms with Crippen molar-refractivity contribution < 1.29 is 4.39 Å². The molecule has 0 saturated carbocycles. The third kappa shape index (κ3) is 2.04. The molecule has 0 saturated heterocycles. The molecule has 0 N–H and O–H groups in total. The van der Waals surface area contributed by atoms with E-state index in [9.17, 15) is 4.39 Å². The summed E-state index contributed by atoms with van der Waals surface area (Å²) in [6, 6.07) is 4.85. The number of benzene rings is 1. The molecule has 0 aliphatic rings. The van der Waals surface area contributed by atoms with Crippen LogP contribution in [0, 0.1) is 5.82 Å². The van der Waals surface area contributed by atoms with E-state index in [-0.39, 0.29) is 5.82 Å². The Balaban J connectivity index is 2.47. The molecule has 0 bridgehead atoms. The summed E-state index contributed by atoms with van der Waals surface area (Å²) in [5.41, 5.74) is 1.75. The standard InChI is InChI=1S/C9H4Br2FNS/c10-6-3-5(1-2-7(6)12)8-4-14-9(11)13-8/h1-4H. The van der Waals surface area contributed by atoms with Gasteiger partial charge in [0.15, 0.2) is 3.92 Å². The zero-order valence-corrected chi connectivity index (χ0v) is 10.8. The maximum absolute atomic E-state index is 12.9. The molecule has 0 radical (unpaired) electrons. The number of aromatic nitrogens is 1. The summed E-state index contributed by atoms with van der Waals surface area (Å²) in [6.07, 6.45) is 0. The molecule has 1 aromatic heterocycles. The molecule has 0 fully saturated rings. The number of rotatable bonds is 1. The van der Waals surface area contributed by atoms with Crippen molar-refractivity contribution in [1.82, 2.24) is 4.98 Å². The second-order valence-electron chi connectivity index (χ2n) is 2.61. The fourth-order valence-electron chi connectivity index (χ4n) is 1.04. The van der Waals surface area contributed by atoms with Gasteiger partial charge in [-0.2, -0.15) is 0 Å².